The van der Waals surface area contributed by atoms with Gasteiger partial charge in [0.15, 0.2) is 0 Å². The molecule has 4 aromatic heterocycles. The van der Waals surface area contributed by atoms with E-state index in [-0.39, 0.29) is 0 Å². The summed E-state index contributed by atoms with van der Waals surface area (Å²) < 4.78 is 7.21. The van der Waals surface area contributed by atoms with Crippen molar-refractivity contribution in [2.45, 2.75) is 0 Å². The van der Waals surface area contributed by atoms with Crippen molar-refractivity contribution in [2.75, 3.05) is 0 Å². The fraction of sp³-hybridized carbons (Fsp3) is 0. The van der Waals surface area contributed by atoms with Crippen LogP contribution < -0.4 is 0 Å². The van der Waals surface area contributed by atoms with E-state index in [0.29, 0.717) is 0 Å². The highest BCUT2D eigenvalue weighted by atomic mass is 15.0. The van der Waals surface area contributed by atoms with Crippen LogP contribution in [0.1, 0.15) is 0 Å². The first-order valence-corrected chi connectivity index (χ1v) is 16.7. The number of nitrogens with zero attached hydrogens (tertiary/aromatic N) is 4. The molecule has 0 saturated carbocycles. The lowest BCUT2D eigenvalue weighted by molar-refractivity contribution is 1.16. The summed E-state index contributed by atoms with van der Waals surface area (Å²) >= 11 is 0. The van der Waals surface area contributed by atoms with E-state index < -0.39 is 0 Å². The molecule has 228 valence electrons. The van der Waals surface area contributed by atoms with Gasteiger partial charge in [-0.3, -0.25) is 4.98 Å². The Bertz CT molecular complexity index is 3100. The maximum absolute atomic E-state index is 4.58. The first kappa shape index (κ1) is 26.4. The van der Waals surface area contributed by atoms with Crippen LogP contribution >= 0.6 is 0 Å². The summed E-state index contributed by atoms with van der Waals surface area (Å²) in [5, 5.41) is 9.86. The summed E-state index contributed by atoms with van der Waals surface area (Å²) in [6, 6.07) is 57.2. The maximum Gasteiger partial charge on any atom is 0.0571 e. The van der Waals surface area contributed by atoms with Crippen molar-refractivity contribution in [3.05, 3.63) is 170 Å². The van der Waals surface area contributed by atoms with Gasteiger partial charge in [-0.1, -0.05) is 84.9 Å². The van der Waals surface area contributed by atoms with E-state index in [0.717, 1.165) is 27.8 Å². The molecule has 4 nitrogen and oxygen atoms in total. The molecule has 0 amide bonds. The van der Waals surface area contributed by atoms with Crippen LogP contribution in [0.15, 0.2) is 170 Å². The molecule has 0 N–H and O–H groups in total. The minimum atomic E-state index is 1.13. The van der Waals surface area contributed by atoms with Crippen molar-refractivity contribution in [2.24, 2.45) is 0 Å². The van der Waals surface area contributed by atoms with Crippen molar-refractivity contribution in [3.63, 3.8) is 0 Å². The van der Waals surface area contributed by atoms with Gasteiger partial charge in [0.1, 0.15) is 0 Å². The van der Waals surface area contributed by atoms with Gasteiger partial charge in [-0.05, 0) is 83.6 Å². The van der Waals surface area contributed by atoms with Crippen LogP contribution in [0.5, 0.6) is 0 Å². The number of hydrogen-bond acceptors (Lipinski definition) is 1. The summed E-state index contributed by atoms with van der Waals surface area (Å²) in [6.07, 6.45) is 3.90. The monoisotopic (exact) mass is 624 g/mol. The Morgan fingerprint density at radius 2 is 0.857 bits per heavy atom. The molecule has 0 spiro atoms. The number of benzene rings is 7. The van der Waals surface area contributed by atoms with Crippen molar-refractivity contribution < 1.29 is 0 Å². The van der Waals surface area contributed by atoms with Gasteiger partial charge < -0.3 is 13.7 Å². The number of pyridine rings is 1. The van der Waals surface area contributed by atoms with E-state index in [4.69, 9.17) is 0 Å². The highest BCUT2D eigenvalue weighted by Crippen LogP contribution is 2.43. The van der Waals surface area contributed by atoms with Crippen LogP contribution in [0.3, 0.4) is 0 Å². The zero-order valence-electron chi connectivity index (χ0n) is 26.5. The summed E-state index contributed by atoms with van der Waals surface area (Å²) in [6.45, 7) is 0. The summed E-state index contributed by atoms with van der Waals surface area (Å²) in [5.74, 6) is 0. The predicted molar refractivity (Wildman–Crippen MR) is 205 cm³/mol. The lowest BCUT2D eigenvalue weighted by atomic mass is 10.1. The molecular formula is C45H28N4. The zero-order chi connectivity index (χ0) is 32.1. The van der Waals surface area contributed by atoms with Gasteiger partial charge >= 0.3 is 0 Å². The van der Waals surface area contributed by atoms with Crippen molar-refractivity contribution in [1.29, 1.82) is 0 Å². The first-order chi connectivity index (χ1) is 24.3. The van der Waals surface area contributed by atoms with Crippen molar-refractivity contribution in [1.82, 2.24) is 18.7 Å². The second-order valence-electron chi connectivity index (χ2n) is 12.9. The molecular weight excluding hydrogens is 597 g/mol. The molecule has 0 aliphatic carbocycles. The van der Waals surface area contributed by atoms with Gasteiger partial charge in [0.25, 0.3) is 0 Å². The van der Waals surface area contributed by atoms with Gasteiger partial charge in [-0.2, -0.15) is 0 Å². The van der Waals surface area contributed by atoms with Crippen LogP contribution in [0.4, 0.5) is 0 Å². The van der Waals surface area contributed by atoms with E-state index in [2.05, 4.69) is 176 Å². The molecule has 0 bridgehead atoms. The van der Waals surface area contributed by atoms with Crippen molar-refractivity contribution >= 4 is 76.2 Å². The Morgan fingerprint density at radius 1 is 0.327 bits per heavy atom. The fourth-order valence-corrected chi connectivity index (χ4v) is 8.24. The number of aromatic nitrogens is 4. The molecule has 0 saturated heterocycles. The number of fused-ring (bicyclic) bond motifs is 11. The van der Waals surface area contributed by atoms with Crippen LogP contribution in [0, 0.1) is 0 Å². The predicted octanol–water partition coefficient (Wildman–Crippen LogP) is 11.5. The lowest BCUT2D eigenvalue weighted by Gasteiger charge is -2.11. The smallest absolute Gasteiger partial charge is 0.0571 e. The molecule has 4 heteroatoms. The molecule has 11 aromatic rings. The van der Waals surface area contributed by atoms with Crippen LogP contribution in [0.2, 0.25) is 0 Å². The van der Waals surface area contributed by atoms with E-state index in [1.165, 1.54) is 65.5 Å². The number of hydrogen-bond donors (Lipinski definition) is 0. The van der Waals surface area contributed by atoms with Crippen LogP contribution in [-0.2, 0) is 0 Å². The third-order valence-corrected chi connectivity index (χ3v) is 10.3. The Labute approximate surface area is 281 Å². The van der Waals surface area contributed by atoms with Gasteiger partial charge in [-0.15, -0.1) is 0 Å². The third kappa shape index (κ3) is 3.66. The summed E-state index contributed by atoms with van der Waals surface area (Å²) in [4.78, 5) is 4.58. The minimum Gasteiger partial charge on any atom is -0.309 e. The fourth-order valence-electron chi connectivity index (χ4n) is 8.24. The van der Waals surface area contributed by atoms with E-state index >= 15 is 0 Å². The van der Waals surface area contributed by atoms with Gasteiger partial charge in [0, 0.05) is 61.8 Å². The Morgan fingerprint density at radius 3 is 1.61 bits per heavy atom. The molecule has 0 radical (unpaired) electrons. The maximum atomic E-state index is 4.58. The molecule has 0 aliphatic rings. The average Bonchev–Trinajstić information content (AvgIpc) is 3.80. The normalized spacial score (nSPS) is 12.1. The van der Waals surface area contributed by atoms with E-state index in [9.17, 15) is 0 Å². The van der Waals surface area contributed by atoms with E-state index in [1.807, 2.05) is 12.4 Å². The van der Waals surface area contributed by atoms with Crippen LogP contribution in [-0.4, -0.2) is 18.7 Å². The van der Waals surface area contributed by atoms with E-state index in [1.54, 1.807) is 0 Å². The molecule has 49 heavy (non-hydrogen) atoms. The number of para-hydroxylation sites is 3. The second-order valence-corrected chi connectivity index (χ2v) is 12.9. The SMILES string of the molecule is c1ccc(-n2c3ccccc3c3c4c5ccccc5n(-c5ccc6c(c5)c5cnccc5n6-c5ccc6ccccc6c5)c4ccc32)cc1. The van der Waals surface area contributed by atoms with Gasteiger partial charge in [-0.25, -0.2) is 0 Å². The topological polar surface area (TPSA) is 27.7 Å². The first-order valence-electron chi connectivity index (χ1n) is 16.7. The summed E-state index contributed by atoms with van der Waals surface area (Å²) in [5.41, 5.74) is 10.6. The quantitative estimate of drug-likeness (QED) is 0.192. The van der Waals surface area contributed by atoms with Crippen LogP contribution in [0.25, 0.3) is 93.3 Å². The Kier molecular flexibility index (Phi) is 5.35. The standard InChI is InChI=1S/C45H28N4/c1-2-12-31(13-3-1)47-38-16-8-6-14-34(38)44-42(47)22-23-43-45(44)35-15-7-9-17-39(35)49(43)33-20-21-40-36(27-33)37-28-46-25-24-41(37)48(40)32-19-18-29-10-4-5-11-30(29)26-32/h1-28H. The molecule has 0 atom stereocenters. The Hall–Kier alpha value is -6.65. The molecule has 7 aromatic carbocycles. The highest BCUT2D eigenvalue weighted by molar-refractivity contribution is 6.29. The third-order valence-electron chi connectivity index (χ3n) is 10.3. The molecule has 11 rings (SSSR count). The molecule has 4 heterocycles. The van der Waals surface area contributed by atoms with Gasteiger partial charge in [0.2, 0.25) is 0 Å². The molecule has 0 fully saturated rings. The second kappa shape index (κ2) is 9.93. The lowest BCUT2D eigenvalue weighted by Crippen LogP contribution is -1.96. The molecule has 0 aliphatic heterocycles. The average molecular weight is 625 g/mol. The molecule has 0 unspecified atom stereocenters. The minimum absolute atomic E-state index is 1.13. The number of rotatable bonds is 3. The largest absolute Gasteiger partial charge is 0.309 e. The summed E-state index contributed by atoms with van der Waals surface area (Å²) in [7, 11) is 0. The van der Waals surface area contributed by atoms with Crippen molar-refractivity contribution in [3.8, 4) is 17.1 Å². The Balaban J connectivity index is 1.21. The zero-order valence-corrected chi connectivity index (χ0v) is 26.5. The van der Waals surface area contributed by atoms with Gasteiger partial charge in [0.05, 0.1) is 33.1 Å². The highest BCUT2D eigenvalue weighted by Gasteiger charge is 2.21.